The van der Waals surface area contributed by atoms with Gasteiger partial charge in [0.05, 0.1) is 16.4 Å². The Morgan fingerprint density at radius 2 is 1.78 bits per heavy atom. The molecule has 0 bridgehead atoms. The first-order valence-corrected chi connectivity index (χ1v) is 10.7. The molecule has 164 valence electrons. The second kappa shape index (κ2) is 8.37. The second-order valence-electron chi connectivity index (χ2n) is 7.85. The maximum atomic E-state index is 14.9. The first kappa shape index (κ1) is 20.7. The maximum Gasteiger partial charge on any atom is 0.229 e. The van der Waals surface area contributed by atoms with Crippen LogP contribution in [0.5, 0.6) is 0 Å². The van der Waals surface area contributed by atoms with E-state index in [0.29, 0.717) is 34.2 Å². The standard InChI is InChI=1S/C23H21ClF2N6/c1-31-8-10-32(11-9-31)20-5-3-15(13-19(20)26)28-23-29-21(16-6-7-27-22(16)30-23)14-2-4-18(25)17(24)12-14/h2-7,12-13H,8-11H2,1H3,(H2,27,28,29,30). The molecule has 4 aromatic rings. The van der Waals surface area contributed by atoms with E-state index in [9.17, 15) is 8.78 Å². The van der Waals surface area contributed by atoms with Crippen LogP contribution in [0.2, 0.25) is 5.02 Å². The maximum absolute atomic E-state index is 14.9. The Morgan fingerprint density at radius 1 is 0.969 bits per heavy atom. The fourth-order valence-electron chi connectivity index (χ4n) is 3.88. The highest BCUT2D eigenvalue weighted by atomic mass is 35.5. The number of hydrogen-bond acceptors (Lipinski definition) is 5. The molecule has 9 heteroatoms. The lowest BCUT2D eigenvalue weighted by atomic mass is 10.1. The molecule has 0 unspecified atom stereocenters. The van der Waals surface area contributed by atoms with Crippen molar-refractivity contribution in [3.63, 3.8) is 0 Å². The van der Waals surface area contributed by atoms with Crippen LogP contribution in [0.15, 0.2) is 48.7 Å². The molecule has 0 radical (unpaired) electrons. The van der Waals surface area contributed by atoms with Crippen LogP contribution in [-0.4, -0.2) is 53.1 Å². The molecule has 6 nitrogen and oxygen atoms in total. The molecule has 0 amide bonds. The summed E-state index contributed by atoms with van der Waals surface area (Å²) >= 11 is 5.97. The Balaban J connectivity index is 1.45. The summed E-state index contributed by atoms with van der Waals surface area (Å²) in [6, 6.07) is 11.3. The highest BCUT2D eigenvalue weighted by Gasteiger charge is 2.18. The van der Waals surface area contributed by atoms with Gasteiger partial charge in [0.1, 0.15) is 17.3 Å². The molecule has 2 N–H and O–H groups in total. The number of aromatic nitrogens is 3. The van der Waals surface area contributed by atoms with Crippen LogP contribution in [0.3, 0.4) is 0 Å². The predicted molar refractivity (Wildman–Crippen MR) is 124 cm³/mol. The van der Waals surface area contributed by atoms with Crippen molar-refractivity contribution in [2.24, 2.45) is 0 Å². The SMILES string of the molecule is CN1CCN(c2ccc(Nc3nc(-c4ccc(F)c(Cl)c4)c4cc[nH]c4n3)cc2F)CC1. The Kier molecular flexibility index (Phi) is 5.40. The van der Waals surface area contributed by atoms with Crippen molar-refractivity contribution in [2.45, 2.75) is 0 Å². The smallest absolute Gasteiger partial charge is 0.229 e. The number of fused-ring (bicyclic) bond motifs is 1. The van der Waals surface area contributed by atoms with Crippen LogP contribution in [0.25, 0.3) is 22.3 Å². The minimum absolute atomic E-state index is 0.0147. The van der Waals surface area contributed by atoms with E-state index in [4.69, 9.17) is 11.6 Å². The number of rotatable bonds is 4. The summed E-state index contributed by atoms with van der Waals surface area (Å²) in [5, 5.41) is 3.87. The normalized spacial score (nSPS) is 14.8. The molecule has 1 saturated heterocycles. The molecule has 1 aliphatic heterocycles. The Labute approximate surface area is 188 Å². The number of piperazine rings is 1. The fraction of sp³-hybridized carbons (Fsp3) is 0.217. The lowest BCUT2D eigenvalue weighted by Gasteiger charge is -2.34. The molecule has 3 heterocycles. The molecule has 2 aromatic heterocycles. The highest BCUT2D eigenvalue weighted by molar-refractivity contribution is 6.31. The van der Waals surface area contributed by atoms with E-state index in [1.807, 2.05) is 12.1 Å². The van der Waals surface area contributed by atoms with Crippen LogP contribution < -0.4 is 10.2 Å². The summed E-state index contributed by atoms with van der Waals surface area (Å²) in [6.07, 6.45) is 1.75. The molecule has 0 atom stereocenters. The topological polar surface area (TPSA) is 60.1 Å². The van der Waals surface area contributed by atoms with E-state index >= 15 is 0 Å². The first-order valence-electron chi connectivity index (χ1n) is 10.3. The van der Waals surface area contributed by atoms with Crippen molar-refractivity contribution >= 4 is 40.0 Å². The molecule has 5 rings (SSSR count). The Hall–Kier alpha value is -3.23. The van der Waals surface area contributed by atoms with E-state index in [0.717, 1.165) is 31.6 Å². The van der Waals surface area contributed by atoms with E-state index in [2.05, 4.69) is 37.1 Å². The summed E-state index contributed by atoms with van der Waals surface area (Å²) < 4.78 is 28.5. The average Bonchev–Trinajstić information content (AvgIpc) is 3.25. The quantitative estimate of drug-likeness (QED) is 0.452. The number of benzene rings is 2. The zero-order chi connectivity index (χ0) is 22.2. The van der Waals surface area contributed by atoms with Gasteiger partial charge in [0, 0.05) is 49.0 Å². The van der Waals surface area contributed by atoms with Gasteiger partial charge in [0.25, 0.3) is 0 Å². The van der Waals surface area contributed by atoms with Crippen LogP contribution in [0, 0.1) is 11.6 Å². The number of anilines is 3. The number of nitrogens with one attached hydrogen (secondary N) is 2. The third kappa shape index (κ3) is 3.99. The molecule has 2 aromatic carbocycles. The van der Waals surface area contributed by atoms with Gasteiger partial charge in [-0.05, 0) is 49.5 Å². The van der Waals surface area contributed by atoms with Gasteiger partial charge in [0.2, 0.25) is 5.95 Å². The molecule has 1 fully saturated rings. The number of hydrogen-bond donors (Lipinski definition) is 2. The van der Waals surface area contributed by atoms with E-state index in [1.165, 1.54) is 18.2 Å². The average molecular weight is 455 g/mol. The van der Waals surface area contributed by atoms with Crippen molar-refractivity contribution in [3.05, 3.63) is 65.3 Å². The van der Waals surface area contributed by atoms with Gasteiger partial charge in [-0.15, -0.1) is 0 Å². The monoisotopic (exact) mass is 454 g/mol. The van der Waals surface area contributed by atoms with E-state index in [1.54, 1.807) is 18.3 Å². The summed E-state index contributed by atoms with van der Waals surface area (Å²) in [6.45, 7) is 3.38. The minimum Gasteiger partial charge on any atom is -0.367 e. The highest BCUT2D eigenvalue weighted by Crippen LogP contribution is 2.31. The largest absolute Gasteiger partial charge is 0.367 e. The van der Waals surface area contributed by atoms with E-state index in [-0.39, 0.29) is 10.8 Å². The number of nitrogens with zero attached hydrogens (tertiary/aromatic N) is 4. The number of aromatic amines is 1. The van der Waals surface area contributed by atoms with Crippen molar-refractivity contribution < 1.29 is 8.78 Å². The summed E-state index contributed by atoms with van der Waals surface area (Å²) in [4.78, 5) is 16.4. The zero-order valence-corrected chi connectivity index (χ0v) is 18.1. The van der Waals surface area contributed by atoms with Crippen molar-refractivity contribution in [3.8, 4) is 11.3 Å². The molecular weight excluding hydrogens is 434 g/mol. The Bertz CT molecular complexity index is 1280. The van der Waals surface area contributed by atoms with Gasteiger partial charge in [-0.1, -0.05) is 11.6 Å². The third-order valence-electron chi connectivity index (χ3n) is 5.66. The summed E-state index contributed by atoms with van der Waals surface area (Å²) in [5.41, 5.74) is 2.98. The zero-order valence-electron chi connectivity index (χ0n) is 17.4. The molecule has 1 aliphatic rings. The molecule has 0 spiro atoms. The second-order valence-corrected chi connectivity index (χ2v) is 8.25. The minimum atomic E-state index is -0.496. The van der Waals surface area contributed by atoms with Crippen molar-refractivity contribution in [1.82, 2.24) is 19.9 Å². The van der Waals surface area contributed by atoms with Crippen molar-refractivity contribution in [1.29, 1.82) is 0 Å². The number of H-pyrrole nitrogens is 1. The molecule has 0 saturated carbocycles. The lowest BCUT2D eigenvalue weighted by Crippen LogP contribution is -2.44. The summed E-state index contributed by atoms with van der Waals surface area (Å²) in [5.74, 6) is -0.503. The van der Waals surface area contributed by atoms with Crippen LogP contribution in [0.4, 0.5) is 26.1 Å². The molecule has 32 heavy (non-hydrogen) atoms. The Morgan fingerprint density at radius 3 is 2.53 bits per heavy atom. The van der Waals surface area contributed by atoms with Gasteiger partial charge in [-0.2, -0.15) is 4.98 Å². The lowest BCUT2D eigenvalue weighted by molar-refractivity contribution is 0.311. The van der Waals surface area contributed by atoms with Crippen LogP contribution in [0.1, 0.15) is 0 Å². The van der Waals surface area contributed by atoms with Gasteiger partial charge < -0.3 is 20.1 Å². The van der Waals surface area contributed by atoms with Gasteiger partial charge in [0.15, 0.2) is 0 Å². The van der Waals surface area contributed by atoms with Crippen LogP contribution >= 0.6 is 11.6 Å². The van der Waals surface area contributed by atoms with Gasteiger partial charge in [-0.3, -0.25) is 0 Å². The number of likely N-dealkylation sites (N-methyl/N-ethyl adjacent to an activating group) is 1. The summed E-state index contributed by atoms with van der Waals surface area (Å²) in [7, 11) is 2.07. The molecular formula is C23H21ClF2N6. The van der Waals surface area contributed by atoms with E-state index < -0.39 is 5.82 Å². The van der Waals surface area contributed by atoms with Gasteiger partial charge in [-0.25, -0.2) is 13.8 Å². The number of halogens is 3. The van der Waals surface area contributed by atoms with Gasteiger partial charge >= 0.3 is 0 Å². The first-order chi connectivity index (χ1) is 15.5. The fourth-order valence-corrected chi connectivity index (χ4v) is 4.06. The predicted octanol–water partition coefficient (Wildman–Crippen LogP) is 5.05. The third-order valence-corrected chi connectivity index (χ3v) is 5.95. The molecule has 0 aliphatic carbocycles. The van der Waals surface area contributed by atoms with Crippen molar-refractivity contribution in [2.75, 3.05) is 43.4 Å². The van der Waals surface area contributed by atoms with Crippen LogP contribution in [-0.2, 0) is 0 Å².